The number of alkyl halides is 3. The molecule has 0 spiro atoms. The van der Waals surface area contributed by atoms with Crippen LogP contribution in [0, 0.1) is 0 Å². The topological polar surface area (TPSA) is 60.5 Å². The highest BCUT2D eigenvalue weighted by atomic mass is 32.1. The molecule has 0 aliphatic rings. The average Bonchev–Trinajstić information content (AvgIpc) is 3.00. The standard InChI is InChI=1S/C17H13F3N2O3S/c1-24-12-7-11-14(8-13(12)25-2)26-16(21-11)22-15(23)9-3-5-10(6-4-9)17(18,19)20/h3-8H,1-2H3,(H,21,22,23). The normalized spacial score (nSPS) is 11.4. The maximum Gasteiger partial charge on any atom is 0.416 e. The van der Waals surface area contributed by atoms with Gasteiger partial charge in [0.2, 0.25) is 0 Å². The molecule has 0 aliphatic heterocycles. The van der Waals surface area contributed by atoms with Crippen LogP contribution in [0.15, 0.2) is 36.4 Å². The van der Waals surface area contributed by atoms with Gasteiger partial charge in [-0.15, -0.1) is 0 Å². The van der Waals surface area contributed by atoms with Crippen LogP contribution in [0.1, 0.15) is 15.9 Å². The van der Waals surface area contributed by atoms with Gasteiger partial charge in [-0.1, -0.05) is 11.3 Å². The Balaban J connectivity index is 1.83. The molecule has 26 heavy (non-hydrogen) atoms. The minimum atomic E-state index is -4.44. The number of methoxy groups -OCH3 is 2. The number of hydrogen-bond donors (Lipinski definition) is 1. The van der Waals surface area contributed by atoms with Gasteiger partial charge in [-0.25, -0.2) is 4.98 Å². The summed E-state index contributed by atoms with van der Waals surface area (Å²) in [4.78, 5) is 16.5. The summed E-state index contributed by atoms with van der Waals surface area (Å²) in [7, 11) is 3.02. The lowest BCUT2D eigenvalue weighted by molar-refractivity contribution is -0.137. The number of rotatable bonds is 4. The van der Waals surface area contributed by atoms with E-state index in [1.54, 1.807) is 12.1 Å². The Morgan fingerprint density at radius 1 is 1.08 bits per heavy atom. The van der Waals surface area contributed by atoms with Gasteiger partial charge < -0.3 is 9.47 Å². The Hall–Kier alpha value is -2.81. The van der Waals surface area contributed by atoms with E-state index < -0.39 is 17.6 Å². The van der Waals surface area contributed by atoms with Gasteiger partial charge in [-0.3, -0.25) is 10.1 Å². The minimum absolute atomic E-state index is 0.104. The molecule has 1 aromatic heterocycles. The van der Waals surface area contributed by atoms with Crippen LogP contribution in [0.4, 0.5) is 18.3 Å². The van der Waals surface area contributed by atoms with Crippen molar-refractivity contribution < 1.29 is 27.4 Å². The third-order valence-corrected chi connectivity index (χ3v) is 4.52. The lowest BCUT2D eigenvalue weighted by atomic mass is 10.1. The molecule has 0 aliphatic carbocycles. The molecule has 1 N–H and O–H groups in total. The zero-order valence-corrected chi connectivity index (χ0v) is 14.5. The molecule has 136 valence electrons. The highest BCUT2D eigenvalue weighted by Crippen LogP contribution is 2.36. The lowest BCUT2D eigenvalue weighted by Gasteiger charge is -2.07. The zero-order valence-electron chi connectivity index (χ0n) is 13.7. The largest absolute Gasteiger partial charge is 0.493 e. The lowest BCUT2D eigenvalue weighted by Crippen LogP contribution is -2.12. The second-order valence-electron chi connectivity index (χ2n) is 5.22. The van der Waals surface area contributed by atoms with Gasteiger partial charge in [0, 0.05) is 17.7 Å². The first-order chi connectivity index (χ1) is 12.3. The number of fused-ring (bicyclic) bond motifs is 1. The van der Waals surface area contributed by atoms with Crippen LogP contribution in [0.5, 0.6) is 11.5 Å². The van der Waals surface area contributed by atoms with Crippen LogP contribution in [-0.4, -0.2) is 25.1 Å². The number of aromatic nitrogens is 1. The van der Waals surface area contributed by atoms with Crippen molar-refractivity contribution in [3.8, 4) is 11.5 Å². The Labute approximate surface area is 150 Å². The summed E-state index contributed by atoms with van der Waals surface area (Å²) in [6.07, 6.45) is -4.44. The van der Waals surface area contributed by atoms with E-state index in [1.807, 2.05) is 0 Å². The number of hydrogen-bond acceptors (Lipinski definition) is 5. The number of anilines is 1. The number of ether oxygens (including phenoxy) is 2. The van der Waals surface area contributed by atoms with Crippen molar-refractivity contribution in [2.75, 3.05) is 19.5 Å². The maximum atomic E-state index is 12.6. The maximum absolute atomic E-state index is 12.6. The highest BCUT2D eigenvalue weighted by Gasteiger charge is 2.30. The van der Waals surface area contributed by atoms with Gasteiger partial charge >= 0.3 is 6.18 Å². The average molecular weight is 382 g/mol. The summed E-state index contributed by atoms with van der Waals surface area (Å²) < 4.78 is 48.9. The number of nitrogens with zero attached hydrogens (tertiary/aromatic N) is 1. The predicted octanol–water partition coefficient (Wildman–Crippen LogP) is 4.58. The third kappa shape index (κ3) is 3.57. The highest BCUT2D eigenvalue weighted by molar-refractivity contribution is 7.22. The molecule has 1 amide bonds. The van der Waals surface area contributed by atoms with Crippen molar-refractivity contribution in [2.24, 2.45) is 0 Å². The monoisotopic (exact) mass is 382 g/mol. The summed E-state index contributed by atoms with van der Waals surface area (Å²) in [5, 5.41) is 2.91. The van der Waals surface area contributed by atoms with Crippen molar-refractivity contribution >= 4 is 32.6 Å². The Morgan fingerprint density at radius 2 is 1.69 bits per heavy atom. The first-order valence-electron chi connectivity index (χ1n) is 7.33. The Kier molecular flexibility index (Phi) is 4.73. The smallest absolute Gasteiger partial charge is 0.416 e. The van der Waals surface area contributed by atoms with E-state index >= 15 is 0 Å². The molecular formula is C17H13F3N2O3S. The van der Waals surface area contributed by atoms with Crippen molar-refractivity contribution in [1.29, 1.82) is 0 Å². The fourth-order valence-electron chi connectivity index (χ4n) is 2.29. The number of benzene rings is 2. The van der Waals surface area contributed by atoms with Crippen LogP contribution in [0.3, 0.4) is 0 Å². The fraction of sp³-hybridized carbons (Fsp3) is 0.176. The molecule has 3 aromatic rings. The second-order valence-corrected chi connectivity index (χ2v) is 6.25. The Morgan fingerprint density at radius 3 is 2.27 bits per heavy atom. The van der Waals surface area contributed by atoms with E-state index in [4.69, 9.17) is 9.47 Å². The second kappa shape index (κ2) is 6.83. The van der Waals surface area contributed by atoms with E-state index in [0.29, 0.717) is 22.1 Å². The van der Waals surface area contributed by atoms with Crippen LogP contribution in [0.2, 0.25) is 0 Å². The van der Waals surface area contributed by atoms with Crippen molar-refractivity contribution in [1.82, 2.24) is 4.98 Å². The van der Waals surface area contributed by atoms with E-state index in [1.165, 1.54) is 25.6 Å². The molecule has 1 heterocycles. The van der Waals surface area contributed by atoms with Crippen LogP contribution >= 0.6 is 11.3 Å². The summed E-state index contributed by atoms with van der Waals surface area (Å²) >= 11 is 1.22. The van der Waals surface area contributed by atoms with E-state index in [2.05, 4.69) is 10.3 Å². The molecule has 9 heteroatoms. The molecule has 0 atom stereocenters. The summed E-state index contributed by atoms with van der Waals surface area (Å²) in [6.45, 7) is 0. The molecule has 0 bridgehead atoms. The molecular weight excluding hydrogens is 369 g/mol. The number of amides is 1. The molecule has 0 saturated carbocycles. The molecule has 0 fully saturated rings. The summed E-state index contributed by atoms with van der Waals surface area (Å²) in [5.74, 6) is 0.492. The zero-order chi connectivity index (χ0) is 18.9. The van der Waals surface area contributed by atoms with Crippen molar-refractivity contribution in [2.45, 2.75) is 6.18 Å². The van der Waals surface area contributed by atoms with Gasteiger partial charge in [-0.2, -0.15) is 13.2 Å². The quantitative estimate of drug-likeness (QED) is 0.717. The number of thiazole rings is 1. The van der Waals surface area contributed by atoms with E-state index in [0.717, 1.165) is 29.0 Å². The van der Waals surface area contributed by atoms with Crippen LogP contribution in [-0.2, 0) is 6.18 Å². The van der Waals surface area contributed by atoms with Gasteiger partial charge in [0.25, 0.3) is 5.91 Å². The van der Waals surface area contributed by atoms with Gasteiger partial charge in [0.15, 0.2) is 16.6 Å². The van der Waals surface area contributed by atoms with Crippen molar-refractivity contribution in [3.05, 3.63) is 47.5 Å². The molecule has 5 nitrogen and oxygen atoms in total. The first-order valence-corrected chi connectivity index (χ1v) is 8.14. The van der Waals surface area contributed by atoms with E-state index in [-0.39, 0.29) is 5.56 Å². The van der Waals surface area contributed by atoms with Gasteiger partial charge in [0.05, 0.1) is 30.0 Å². The van der Waals surface area contributed by atoms with Crippen LogP contribution < -0.4 is 14.8 Å². The van der Waals surface area contributed by atoms with Crippen molar-refractivity contribution in [3.63, 3.8) is 0 Å². The predicted molar refractivity (Wildman–Crippen MR) is 92.1 cm³/mol. The summed E-state index contributed by atoms with van der Waals surface area (Å²) in [5.41, 5.74) is -0.101. The first kappa shape index (κ1) is 18.0. The third-order valence-electron chi connectivity index (χ3n) is 3.59. The number of carbonyl (C=O) groups is 1. The molecule has 0 saturated heterocycles. The van der Waals surface area contributed by atoms with Crippen LogP contribution in [0.25, 0.3) is 10.2 Å². The number of carbonyl (C=O) groups excluding carboxylic acids is 1. The molecule has 0 unspecified atom stereocenters. The molecule has 3 rings (SSSR count). The molecule has 0 radical (unpaired) electrons. The Bertz CT molecular complexity index is 911. The number of nitrogens with one attached hydrogen (secondary N) is 1. The van der Waals surface area contributed by atoms with Gasteiger partial charge in [-0.05, 0) is 24.3 Å². The minimum Gasteiger partial charge on any atom is -0.493 e. The summed E-state index contributed by atoms with van der Waals surface area (Å²) in [6, 6.07) is 7.39. The fourth-order valence-corrected chi connectivity index (χ4v) is 3.16. The molecule has 2 aromatic carbocycles. The van der Waals surface area contributed by atoms with E-state index in [9.17, 15) is 18.0 Å². The van der Waals surface area contributed by atoms with Gasteiger partial charge in [0.1, 0.15) is 0 Å². The number of halogens is 3. The SMILES string of the molecule is COc1cc2nc(NC(=O)c3ccc(C(F)(F)F)cc3)sc2cc1OC.